The molecule has 9 nitrogen and oxygen atoms in total. The van der Waals surface area contributed by atoms with E-state index in [-0.39, 0.29) is 22.7 Å². The third-order valence-electron chi connectivity index (χ3n) is 3.78. The van der Waals surface area contributed by atoms with Crippen molar-refractivity contribution < 1.29 is 18.0 Å². The number of aromatic nitrogens is 2. The topological polar surface area (TPSA) is 130 Å². The van der Waals surface area contributed by atoms with Gasteiger partial charge in [-0.2, -0.15) is 0 Å². The van der Waals surface area contributed by atoms with Crippen LogP contribution >= 0.6 is 0 Å². The van der Waals surface area contributed by atoms with Gasteiger partial charge in [-0.05, 0) is 42.0 Å². The van der Waals surface area contributed by atoms with Gasteiger partial charge in [0.2, 0.25) is 10.0 Å². The first kappa shape index (κ1) is 20.1. The summed E-state index contributed by atoms with van der Waals surface area (Å²) in [6.45, 7) is 0.0622. The number of amides is 2. The smallest absolute Gasteiger partial charge is 0.267 e. The van der Waals surface area contributed by atoms with Crippen LogP contribution in [0, 0.1) is 0 Å². The molecule has 0 aliphatic carbocycles. The first-order valence-corrected chi connectivity index (χ1v) is 9.94. The van der Waals surface area contributed by atoms with Crippen LogP contribution in [0.2, 0.25) is 0 Å². The molecule has 3 N–H and O–H groups in total. The van der Waals surface area contributed by atoms with Crippen LogP contribution in [0.4, 0.5) is 0 Å². The summed E-state index contributed by atoms with van der Waals surface area (Å²) in [7, 11) is -3.84. The Morgan fingerprint density at radius 1 is 0.897 bits per heavy atom. The van der Waals surface area contributed by atoms with Crippen LogP contribution in [0.5, 0.6) is 0 Å². The zero-order valence-electron chi connectivity index (χ0n) is 15.1. The van der Waals surface area contributed by atoms with Crippen molar-refractivity contribution in [2.24, 2.45) is 0 Å². The highest BCUT2D eigenvalue weighted by Gasteiger charge is 2.17. The molecule has 0 unspecified atom stereocenters. The van der Waals surface area contributed by atoms with Gasteiger partial charge in [0.15, 0.2) is 0 Å². The summed E-state index contributed by atoms with van der Waals surface area (Å²) >= 11 is 0. The predicted octanol–water partition coefficient (Wildman–Crippen LogP) is 1.03. The Balaban J connectivity index is 1.65. The van der Waals surface area contributed by atoms with Gasteiger partial charge in [0.25, 0.3) is 11.8 Å². The zero-order chi connectivity index (χ0) is 20.7. The fourth-order valence-electron chi connectivity index (χ4n) is 2.32. The number of hydrazine groups is 1. The molecule has 3 rings (SSSR count). The molecule has 2 amide bonds. The van der Waals surface area contributed by atoms with Crippen molar-refractivity contribution in [1.29, 1.82) is 0 Å². The molecule has 0 spiro atoms. The molecule has 2 aromatic heterocycles. The molecule has 0 aliphatic heterocycles. The maximum absolute atomic E-state index is 12.5. The molecule has 10 heteroatoms. The molecule has 1 aromatic carbocycles. The van der Waals surface area contributed by atoms with Crippen molar-refractivity contribution in [2.45, 2.75) is 11.4 Å². The maximum Gasteiger partial charge on any atom is 0.288 e. The number of nitrogens with zero attached hydrogens (tertiary/aromatic N) is 2. The Hall–Kier alpha value is -3.63. The summed E-state index contributed by atoms with van der Waals surface area (Å²) in [6, 6.07) is 13.7. The standard InChI is InChI=1S/C19H17N5O4S/c25-18(23-24-19(26)17-8-1-2-10-21-17)15-6-3-7-16(11-15)29(27,28)22-13-14-5-4-9-20-12-14/h1-12,22H,13H2,(H,23,25)(H,24,26). The number of nitrogens with one attached hydrogen (secondary N) is 3. The number of rotatable bonds is 6. The Bertz CT molecular complexity index is 1110. The number of benzene rings is 1. The van der Waals surface area contributed by atoms with E-state index in [2.05, 4.69) is 25.5 Å². The van der Waals surface area contributed by atoms with Gasteiger partial charge in [-0.15, -0.1) is 0 Å². The van der Waals surface area contributed by atoms with Crippen LogP contribution in [0.15, 0.2) is 78.1 Å². The molecule has 148 valence electrons. The van der Waals surface area contributed by atoms with E-state index in [0.717, 1.165) is 0 Å². The van der Waals surface area contributed by atoms with Crippen LogP contribution in [-0.2, 0) is 16.6 Å². The van der Waals surface area contributed by atoms with E-state index in [1.807, 2.05) is 0 Å². The second kappa shape index (κ2) is 9.04. The van der Waals surface area contributed by atoms with Crippen LogP contribution in [0.3, 0.4) is 0 Å². The van der Waals surface area contributed by atoms with Crippen molar-refractivity contribution in [3.05, 3.63) is 90.0 Å². The van der Waals surface area contributed by atoms with E-state index in [4.69, 9.17) is 0 Å². The minimum atomic E-state index is -3.84. The number of carbonyl (C=O) groups excluding carboxylic acids is 2. The summed E-state index contributed by atoms with van der Waals surface area (Å²) < 4.78 is 27.4. The molecule has 0 aliphatic rings. The minimum absolute atomic E-state index is 0.0622. The Morgan fingerprint density at radius 3 is 2.45 bits per heavy atom. The molecule has 0 saturated heterocycles. The van der Waals surface area contributed by atoms with E-state index in [1.165, 1.54) is 36.5 Å². The van der Waals surface area contributed by atoms with Gasteiger partial charge in [0, 0.05) is 30.7 Å². The monoisotopic (exact) mass is 411 g/mol. The Kier molecular flexibility index (Phi) is 6.27. The van der Waals surface area contributed by atoms with Crippen molar-refractivity contribution in [3.63, 3.8) is 0 Å². The minimum Gasteiger partial charge on any atom is -0.267 e. The van der Waals surface area contributed by atoms with E-state index in [1.54, 1.807) is 36.7 Å². The zero-order valence-corrected chi connectivity index (χ0v) is 15.9. The average molecular weight is 411 g/mol. The quantitative estimate of drug-likeness (QED) is 0.520. The molecule has 0 fully saturated rings. The number of hydrogen-bond donors (Lipinski definition) is 3. The summed E-state index contributed by atoms with van der Waals surface area (Å²) in [6.07, 6.45) is 4.59. The molecule has 3 aromatic rings. The molecule has 29 heavy (non-hydrogen) atoms. The van der Waals surface area contributed by atoms with E-state index in [9.17, 15) is 18.0 Å². The van der Waals surface area contributed by atoms with Gasteiger partial charge in [0.05, 0.1) is 4.90 Å². The Labute approximate surface area is 167 Å². The van der Waals surface area contributed by atoms with E-state index >= 15 is 0 Å². The summed E-state index contributed by atoms with van der Waals surface area (Å²) in [4.78, 5) is 31.9. The highest BCUT2D eigenvalue weighted by Crippen LogP contribution is 2.12. The number of pyridine rings is 2. The highest BCUT2D eigenvalue weighted by molar-refractivity contribution is 7.89. The third-order valence-corrected chi connectivity index (χ3v) is 5.18. The third kappa shape index (κ3) is 5.43. The van der Waals surface area contributed by atoms with Crippen molar-refractivity contribution in [2.75, 3.05) is 0 Å². The fourth-order valence-corrected chi connectivity index (χ4v) is 3.38. The van der Waals surface area contributed by atoms with Crippen LogP contribution in [-0.4, -0.2) is 30.2 Å². The molecular formula is C19H17N5O4S. The number of hydrogen-bond acceptors (Lipinski definition) is 6. The number of sulfonamides is 1. The molecule has 2 heterocycles. The number of carbonyl (C=O) groups is 2. The van der Waals surface area contributed by atoms with Gasteiger partial charge in [-0.3, -0.25) is 30.4 Å². The lowest BCUT2D eigenvalue weighted by Gasteiger charge is -2.10. The molecule has 0 radical (unpaired) electrons. The van der Waals surface area contributed by atoms with Crippen LogP contribution in [0.25, 0.3) is 0 Å². The van der Waals surface area contributed by atoms with E-state index in [0.29, 0.717) is 5.56 Å². The molecular weight excluding hydrogens is 394 g/mol. The van der Waals surface area contributed by atoms with Crippen molar-refractivity contribution in [3.8, 4) is 0 Å². The predicted molar refractivity (Wildman–Crippen MR) is 104 cm³/mol. The summed E-state index contributed by atoms with van der Waals surface area (Å²) in [5.74, 6) is -1.26. The Morgan fingerprint density at radius 2 is 1.72 bits per heavy atom. The first-order chi connectivity index (χ1) is 14.0. The van der Waals surface area contributed by atoms with Gasteiger partial charge in [-0.1, -0.05) is 18.2 Å². The van der Waals surface area contributed by atoms with Crippen molar-refractivity contribution >= 4 is 21.8 Å². The largest absolute Gasteiger partial charge is 0.288 e. The fraction of sp³-hybridized carbons (Fsp3) is 0.0526. The maximum atomic E-state index is 12.5. The van der Waals surface area contributed by atoms with Gasteiger partial charge in [-0.25, -0.2) is 13.1 Å². The average Bonchev–Trinajstić information content (AvgIpc) is 2.77. The summed E-state index contributed by atoms with van der Waals surface area (Å²) in [5.41, 5.74) is 5.35. The van der Waals surface area contributed by atoms with Crippen molar-refractivity contribution in [1.82, 2.24) is 25.5 Å². The van der Waals surface area contributed by atoms with Crippen LogP contribution < -0.4 is 15.6 Å². The lowest BCUT2D eigenvalue weighted by Crippen LogP contribution is -2.42. The second-order valence-electron chi connectivity index (χ2n) is 5.84. The molecule has 0 saturated carbocycles. The lowest BCUT2D eigenvalue weighted by molar-refractivity contribution is 0.0844. The van der Waals surface area contributed by atoms with Gasteiger partial charge in [0.1, 0.15) is 5.69 Å². The molecule has 0 atom stereocenters. The SMILES string of the molecule is O=C(NNC(=O)c1ccccn1)c1cccc(S(=O)(=O)NCc2cccnc2)c1. The highest BCUT2D eigenvalue weighted by atomic mass is 32.2. The first-order valence-electron chi connectivity index (χ1n) is 8.46. The van der Waals surface area contributed by atoms with E-state index < -0.39 is 21.8 Å². The summed E-state index contributed by atoms with van der Waals surface area (Å²) in [5, 5.41) is 0. The van der Waals surface area contributed by atoms with Crippen LogP contribution in [0.1, 0.15) is 26.4 Å². The molecule has 0 bridgehead atoms. The second-order valence-corrected chi connectivity index (χ2v) is 7.60. The lowest BCUT2D eigenvalue weighted by atomic mass is 10.2. The van der Waals surface area contributed by atoms with Gasteiger partial charge < -0.3 is 0 Å². The normalized spacial score (nSPS) is 10.9. The van der Waals surface area contributed by atoms with Gasteiger partial charge >= 0.3 is 0 Å².